The quantitative estimate of drug-likeness (QED) is 0.408. The summed E-state index contributed by atoms with van der Waals surface area (Å²) in [4.78, 5) is 6.76. The molecule has 2 aliphatic rings. The zero-order valence-corrected chi connectivity index (χ0v) is 18.4. The predicted molar refractivity (Wildman–Crippen MR) is 120 cm³/mol. The highest BCUT2D eigenvalue weighted by molar-refractivity contribution is 8.27. The Balaban J connectivity index is 1.52. The molecule has 3 aromatic rings. The maximum Gasteiger partial charge on any atom is 0.167 e. The van der Waals surface area contributed by atoms with E-state index in [0.717, 1.165) is 30.7 Å². The SMILES string of the molecule is CC(C)(O)C(=N)SC(=N)c1cnn2ccc(N3CC[C@H]4C[C@]43c3cc(F)ccc3F)nc12. The van der Waals surface area contributed by atoms with Crippen LogP contribution in [0.1, 0.15) is 37.8 Å². The molecule has 7 nitrogen and oxygen atoms in total. The predicted octanol–water partition coefficient (Wildman–Crippen LogP) is 3.94. The van der Waals surface area contributed by atoms with Crippen molar-refractivity contribution < 1.29 is 13.9 Å². The minimum absolute atomic E-state index is 0.0494. The highest BCUT2D eigenvalue weighted by atomic mass is 32.2. The highest BCUT2D eigenvalue weighted by Crippen LogP contribution is 2.63. The third kappa shape index (κ3) is 3.20. The standard InChI is InChI=1S/C22H22F2N6OS/c1-21(2,31)20(26)32-18(25)14-11-27-30-8-6-17(28-19(14)30)29-7-5-12-10-22(12,29)15-9-13(23)3-4-16(15)24/h3-4,6,8-9,11-12,25-26,31H,5,7,10H2,1-2H3/t12-,22+/m0/s1. The molecule has 1 saturated carbocycles. The van der Waals surface area contributed by atoms with E-state index >= 15 is 0 Å². The number of thioether (sulfide) groups is 1. The summed E-state index contributed by atoms with van der Waals surface area (Å²) in [6, 6.07) is 5.38. The van der Waals surface area contributed by atoms with E-state index in [2.05, 4.69) is 5.10 Å². The molecule has 2 aromatic heterocycles. The van der Waals surface area contributed by atoms with Crippen molar-refractivity contribution in [2.75, 3.05) is 11.4 Å². The van der Waals surface area contributed by atoms with Crippen LogP contribution in [0.3, 0.4) is 0 Å². The summed E-state index contributed by atoms with van der Waals surface area (Å²) in [7, 11) is 0. The fraction of sp³-hybridized carbons (Fsp3) is 0.364. The van der Waals surface area contributed by atoms with Crippen LogP contribution >= 0.6 is 11.8 Å². The number of halogens is 2. The van der Waals surface area contributed by atoms with E-state index in [-0.39, 0.29) is 16.0 Å². The van der Waals surface area contributed by atoms with Gasteiger partial charge < -0.3 is 10.0 Å². The highest BCUT2D eigenvalue weighted by Gasteiger charge is 2.64. The molecule has 0 unspecified atom stereocenters. The van der Waals surface area contributed by atoms with E-state index < -0.39 is 22.8 Å². The van der Waals surface area contributed by atoms with Crippen molar-refractivity contribution in [1.29, 1.82) is 10.8 Å². The summed E-state index contributed by atoms with van der Waals surface area (Å²) in [5, 5.41) is 30.6. The van der Waals surface area contributed by atoms with Gasteiger partial charge in [-0.05, 0) is 56.9 Å². The second-order valence-corrected chi connectivity index (χ2v) is 9.84. The Morgan fingerprint density at radius 1 is 1.28 bits per heavy atom. The van der Waals surface area contributed by atoms with Gasteiger partial charge in [-0.1, -0.05) is 11.8 Å². The Bertz CT molecular complexity index is 1270. The Labute approximate surface area is 187 Å². The number of fused-ring (bicyclic) bond motifs is 2. The second kappa shape index (κ2) is 7.08. The second-order valence-electron chi connectivity index (χ2n) is 8.82. The maximum atomic E-state index is 14.7. The molecule has 32 heavy (non-hydrogen) atoms. The van der Waals surface area contributed by atoms with Crippen LogP contribution in [0.25, 0.3) is 5.65 Å². The van der Waals surface area contributed by atoms with Gasteiger partial charge in [0.15, 0.2) is 5.65 Å². The van der Waals surface area contributed by atoms with Gasteiger partial charge in [0.05, 0.1) is 17.3 Å². The maximum absolute atomic E-state index is 14.7. The first-order chi connectivity index (χ1) is 15.1. The molecule has 1 aliphatic heterocycles. The van der Waals surface area contributed by atoms with Crippen LogP contribution in [0.4, 0.5) is 14.6 Å². The van der Waals surface area contributed by atoms with Gasteiger partial charge in [0.25, 0.3) is 0 Å². The first-order valence-corrected chi connectivity index (χ1v) is 11.1. The molecule has 0 bridgehead atoms. The summed E-state index contributed by atoms with van der Waals surface area (Å²) < 4.78 is 30.2. The topological polar surface area (TPSA) is 101 Å². The number of aliphatic hydroxyl groups is 1. The average molecular weight is 457 g/mol. The minimum Gasteiger partial charge on any atom is -0.384 e. The van der Waals surface area contributed by atoms with Crippen LogP contribution in [0, 0.1) is 28.4 Å². The number of nitrogens with zero attached hydrogens (tertiary/aromatic N) is 4. The van der Waals surface area contributed by atoms with Crippen molar-refractivity contribution in [2.45, 2.75) is 37.8 Å². The lowest BCUT2D eigenvalue weighted by Gasteiger charge is -2.30. The Kier molecular flexibility index (Phi) is 4.65. The molecule has 0 radical (unpaired) electrons. The summed E-state index contributed by atoms with van der Waals surface area (Å²) >= 11 is 0.844. The molecule has 0 spiro atoms. The molecule has 3 N–H and O–H groups in total. The number of hydrogen-bond acceptors (Lipinski definition) is 7. The van der Waals surface area contributed by atoms with Crippen molar-refractivity contribution in [3.8, 4) is 0 Å². The largest absolute Gasteiger partial charge is 0.384 e. The van der Waals surface area contributed by atoms with Gasteiger partial charge >= 0.3 is 0 Å². The third-order valence-corrected chi connectivity index (χ3v) is 7.41. The third-order valence-electron chi connectivity index (χ3n) is 6.29. The lowest BCUT2D eigenvalue weighted by molar-refractivity contribution is 0.156. The van der Waals surface area contributed by atoms with Gasteiger partial charge in [-0.25, -0.2) is 18.3 Å². The fourth-order valence-corrected chi connectivity index (χ4v) is 5.26. The van der Waals surface area contributed by atoms with E-state index in [9.17, 15) is 13.9 Å². The van der Waals surface area contributed by atoms with Crippen molar-refractivity contribution in [3.63, 3.8) is 0 Å². The molecule has 166 valence electrons. The first-order valence-electron chi connectivity index (χ1n) is 10.3. The van der Waals surface area contributed by atoms with Crippen LogP contribution in [0.5, 0.6) is 0 Å². The number of aromatic nitrogens is 3. The lowest BCUT2D eigenvalue weighted by Crippen LogP contribution is -2.34. The first kappa shape index (κ1) is 21.0. The van der Waals surface area contributed by atoms with E-state index in [1.807, 2.05) is 4.90 Å². The van der Waals surface area contributed by atoms with Crippen LogP contribution in [0.15, 0.2) is 36.7 Å². The molecule has 1 aliphatic carbocycles. The Morgan fingerprint density at radius 2 is 2.06 bits per heavy atom. The Hall–Kier alpha value is -2.85. The van der Waals surface area contributed by atoms with E-state index in [1.54, 1.807) is 12.3 Å². The normalized spacial score (nSPS) is 22.3. The molecule has 1 saturated heterocycles. The molecule has 1 aromatic carbocycles. The molecular formula is C22H22F2N6OS. The number of rotatable bonds is 4. The van der Waals surface area contributed by atoms with Crippen LogP contribution < -0.4 is 4.90 Å². The molecule has 3 heterocycles. The van der Waals surface area contributed by atoms with Crippen LogP contribution in [-0.2, 0) is 5.54 Å². The van der Waals surface area contributed by atoms with Crippen LogP contribution in [0.2, 0.25) is 0 Å². The van der Waals surface area contributed by atoms with Crippen molar-refractivity contribution in [3.05, 3.63) is 59.4 Å². The number of benzene rings is 1. The monoisotopic (exact) mass is 456 g/mol. The van der Waals surface area contributed by atoms with Crippen molar-refractivity contribution >= 4 is 33.3 Å². The molecular weight excluding hydrogens is 434 g/mol. The van der Waals surface area contributed by atoms with Crippen molar-refractivity contribution in [1.82, 2.24) is 14.6 Å². The molecule has 2 atom stereocenters. The number of hydrogen-bond donors (Lipinski definition) is 3. The summed E-state index contributed by atoms with van der Waals surface area (Å²) in [5.41, 5.74) is -0.734. The molecule has 5 rings (SSSR count). The van der Waals surface area contributed by atoms with E-state index in [0.29, 0.717) is 29.1 Å². The zero-order chi connectivity index (χ0) is 22.8. The number of anilines is 1. The van der Waals surface area contributed by atoms with Gasteiger partial charge in [-0.15, -0.1) is 0 Å². The van der Waals surface area contributed by atoms with Crippen molar-refractivity contribution in [2.24, 2.45) is 5.92 Å². The van der Waals surface area contributed by atoms with Gasteiger partial charge in [0, 0.05) is 18.3 Å². The lowest BCUT2D eigenvalue weighted by atomic mass is 10.0. The number of nitrogens with one attached hydrogen (secondary N) is 2. The molecule has 0 amide bonds. The molecule has 10 heteroatoms. The zero-order valence-electron chi connectivity index (χ0n) is 17.6. The Morgan fingerprint density at radius 3 is 2.78 bits per heavy atom. The van der Waals surface area contributed by atoms with E-state index in [1.165, 1.54) is 36.7 Å². The summed E-state index contributed by atoms with van der Waals surface area (Å²) in [6.45, 7) is 3.65. The summed E-state index contributed by atoms with van der Waals surface area (Å²) in [6.07, 6.45) is 4.83. The van der Waals surface area contributed by atoms with Gasteiger partial charge in [-0.2, -0.15) is 5.10 Å². The van der Waals surface area contributed by atoms with Gasteiger partial charge in [0.2, 0.25) is 0 Å². The number of piperidine rings is 1. The minimum atomic E-state index is -1.35. The smallest absolute Gasteiger partial charge is 0.167 e. The fourth-order valence-electron chi connectivity index (χ4n) is 4.55. The molecule has 2 fully saturated rings. The van der Waals surface area contributed by atoms with E-state index in [4.69, 9.17) is 15.8 Å². The summed E-state index contributed by atoms with van der Waals surface area (Å²) in [5.74, 6) is -0.0367. The van der Waals surface area contributed by atoms with Gasteiger partial charge in [-0.3, -0.25) is 10.8 Å². The van der Waals surface area contributed by atoms with Crippen LogP contribution in [-0.4, -0.2) is 41.9 Å². The van der Waals surface area contributed by atoms with Gasteiger partial charge in [0.1, 0.15) is 33.1 Å². The average Bonchev–Trinajstić information content (AvgIpc) is 3.12.